The first-order valence-corrected chi connectivity index (χ1v) is 6.66. The molecule has 1 aliphatic heterocycles. The van der Waals surface area contributed by atoms with Crippen molar-refractivity contribution in [1.82, 2.24) is 0 Å². The minimum Gasteiger partial charge on any atom is -0.488 e. The van der Waals surface area contributed by atoms with Gasteiger partial charge in [-0.15, -0.1) is 0 Å². The van der Waals surface area contributed by atoms with Crippen LogP contribution < -0.4 is 15.4 Å². The van der Waals surface area contributed by atoms with Gasteiger partial charge in [0.05, 0.1) is 23.6 Å². The Balaban J connectivity index is 2.24. The van der Waals surface area contributed by atoms with Crippen molar-refractivity contribution < 1.29 is 14.2 Å². The predicted molar refractivity (Wildman–Crippen MR) is 74.0 cm³/mol. The van der Waals surface area contributed by atoms with E-state index >= 15 is 0 Å². The first-order valence-electron chi connectivity index (χ1n) is 6.66. The third-order valence-electron chi connectivity index (χ3n) is 3.25. The zero-order chi connectivity index (χ0) is 14.0. The summed E-state index contributed by atoms with van der Waals surface area (Å²) in [6.45, 7) is 5.15. The Kier molecular flexibility index (Phi) is 4.14. The van der Waals surface area contributed by atoms with Gasteiger partial charge < -0.3 is 20.5 Å². The smallest absolute Gasteiger partial charge is 0.167 e. The number of anilines is 2. The summed E-state index contributed by atoms with van der Waals surface area (Å²) < 4.78 is 19.2. The Morgan fingerprint density at radius 3 is 2.58 bits per heavy atom. The standard InChI is InChI=1S/C14H21FN2O2/c1-9(2)19-14-8-13(12(16)7-11(14)15)17-5-3-10(18)4-6-17/h7-10,18H,3-6,16H2,1-2H3. The van der Waals surface area contributed by atoms with Crippen LogP contribution in [0.1, 0.15) is 26.7 Å². The minimum absolute atomic E-state index is 0.0887. The van der Waals surface area contributed by atoms with E-state index in [-0.39, 0.29) is 18.0 Å². The van der Waals surface area contributed by atoms with Crippen LogP contribution in [0, 0.1) is 5.82 Å². The van der Waals surface area contributed by atoms with E-state index in [2.05, 4.69) is 4.90 Å². The van der Waals surface area contributed by atoms with E-state index in [1.165, 1.54) is 6.07 Å². The number of hydrogen-bond donors (Lipinski definition) is 2. The number of nitrogens with two attached hydrogens (primary N) is 1. The average molecular weight is 268 g/mol. The zero-order valence-corrected chi connectivity index (χ0v) is 11.4. The van der Waals surface area contributed by atoms with Crippen molar-refractivity contribution in [2.24, 2.45) is 0 Å². The average Bonchev–Trinajstić information content (AvgIpc) is 2.33. The van der Waals surface area contributed by atoms with Crippen molar-refractivity contribution in [1.29, 1.82) is 0 Å². The Labute approximate surface area is 113 Å². The monoisotopic (exact) mass is 268 g/mol. The molecule has 0 aromatic heterocycles. The highest BCUT2D eigenvalue weighted by Gasteiger charge is 2.21. The van der Waals surface area contributed by atoms with Crippen LogP contribution in [-0.2, 0) is 0 Å². The maximum absolute atomic E-state index is 13.8. The molecule has 1 aliphatic rings. The quantitative estimate of drug-likeness (QED) is 0.825. The van der Waals surface area contributed by atoms with Gasteiger partial charge in [-0.2, -0.15) is 0 Å². The second kappa shape index (κ2) is 5.65. The number of nitrogen functional groups attached to an aromatic ring is 1. The molecule has 0 amide bonds. The van der Waals surface area contributed by atoms with E-state index in [1.807, 2.05) is 13.8 Å². The lowest BCUT2D eigenvalue weighted by Gasteiger charge is -2.32. The molecule has 1 saturated heterocycles. The van der Waals surface area contributed by atoms with Crippen molar-refractivity contribution >= 4 is 11.4 Å². The van der Waals surface area contributed by atoms with Crippen LogP contribution in [0.5, 0.6) is 5.75 Å². The molecule has 0 aliphatic carbocycles. The molecule has 2 rings (SSSR count). The molecular weight excluding hydrogens is 247 g/mol. The van der Waals surface area contributed by atoms with Crippen LogP contribution in [0.2, 0.25) is 0 Å². The predicted octanol–water partition coefficient (Wildman–Crippen LogP) is 2.16. The number of halogens is 1. The first kappa shape index (κ1) is 13.9. The van der Waals surface area contributed by atoms with Gasteiger partial charge in [-0.3, -0.25) is 0 Å². The zero-order valence-electron chi connectivity index (χ0n) is 11.4. The molecule has 1 aromatic carbocycles. The van der Waals surface area contributed by atoms with Crippen LogP contribution in [-0.4, -0.2) is 30.4 Å². The third-order valence-corrected chi connectivity index (χ3v) is 3.25. The molecule has 0 spiro atoms. The molecule has 1 fully saturated rings. The molecule has 4 nitrogen and oxygen atoms in total. The number of rotatable bonds is 3. The number of nitrogens with zero attached hydrogens (tertiary/aromatic N) is 1. The number of ether oxygens (including phenoxy) is 1. The highest BCUT2D eigenvalue weighted by molar-refractivity contribution is 5.70. The highest BCUT2D eigenvalue weighted by Crippen LogP contribution is 2.33. The summed E-state index contributed by atoms with van der Waals surface area (Å²) in [6, 6.07) is 2.96. The van der Waals surface area contributed by atoms with Gasteiger partial charge in [-0.25, -0.2) is 4.39 Å². The lowest BCUT2D eigenvalue weighted by Crippen LogP contribution is -2.36. The number of benzene rings is 1. The van der Waals surface area contributed by atoms with E-state index in [0.717, 1.165) is 18.8 Å². The van der Waals surface area contributed by atoms with E-state index in [9.17, 15) is 9.50 Å². The van der Waals surface area contributed by atoms with Gasteiger partial charge in [0.15, 0.2) is 11.6 Å². The van der Waals surface area contributed by atoms with Crippen molar-refractivity contribution in [3.05, 3.63) is 17.9 Å². The molecule has 1 heterocycles. The van der Waals surface area contributed by atoms with Crippen molar-refractivity contribution in [3.63, 3.8) is 0 Å². The van der Waals surface area contributed by atoms with Crippen molar-refractivity contribution in [3.8, 4) is 5.75 Å². The van der Waals surface area contributed by atoms with Gasteiger partial charge in [-0.05, 0) is 26.7 Å². The molecule has 5 heteroatoms. The minimum atomic E-state index is -0.438. The fourth-order valence-corrected chi connectivity index (χ4v) is 2.28. The summed E-state index contributed by atoms with van der Waals surface area (Å²) in [4.78, 5) is 2.06. The number of aliphatic hydroxyl groups excluding tert-OH is 1. The van der Waals surface area contributed by atoms with Crippen LogP contribution in [0.25, 0.3) is 0 Å². The number of piperidine rings is 1. The van der Waals surface area contributed by atoms with Crippen molar-refractivity contribution in [2.75, 3.05) is 23.7 Å². The molecule has 0 bridgehead atoms. The summed E-state index contributed by atoms with van der Waals surface area (Å²) >= 11 is 0. The van der Waals surface area contributed by atoms with Crippen LogP contribution in [0.3, 0.4) is 0 Å². The maximum atomic E-state index is 13.8. The SMILES string of the molecule is CC(C)Oc1cc(N2CCC(O)CC2)c(N)cc1F. The number of aliphatic hydroxyl groups is 1. The first-order chi connectivity index (χ1) is 8.97. The molecule has 1 aromatic rings. The van der Waals surface area contributed by atoms with Gasteiger partial charge >= 0.3 is 0 Å². The van der Waals surface area contributed by atoms with E-state index in [4.69, 9.17) is 10.5 Å². The van der Waals surface area contributed by atoms with Crippen LogP contribution in [0.4, 0.5) is 15.8 Å². The molecule has 19 heavy (non-hydrogen) atoms. The Hall–Kier alpha value is -1.49. The lowest BCUT2D eigenvalue weighted by atomic mass is 10.1. The Morgan fingerprint density at radius 1 is 1.37 bits per heavy atom. The summed E-state index contributed by atoms with van der Waals surface area (Å²) in [5.41, 5.74) is 7.08. The summed E-state index contributed by atoms with van der Waals surface area (Å²) in [7, 11) is 0. The topological polar surface area (TPSA) is 58.7 Å². The fourth-order valence-electron chi connectivity index (χ4n) is 2.28. The largest absolute Gasteiger partial charge is 0.488 e. The number of hydrogen-bond acceptors (Lipinski definition) is 4. The fraction of sp³-hybridized carbons (Fsp3) is 0.571. The van der Waals surface area contributed by atoms with Gasteiger partial charge in [-0.1, -0.05) is 0 Å². The third kappa shape index (κ3) is 3.29. The van der Waals surface area contributed by atoms with Crippen LogP contribution in [0.15, 0.2) is 12.1 Å². The summed E-state index contributed by atoms with van der Waals surface area (Å²) in [5, 5.41) is 9.52. The molecule has 106 valence electrons. The molecule has 0 saturated carbocycles. The van der Waals surface area contributed by atoms with Gasteiger partial charge in [0.25, 0.3) is 0 Å². The molecule has 0 unspecified atom stereocenters. The normalized spacial score (nSPS) is 17.0. The second-order valence-electron chi connectivity index (χ2n) is 5.23. The molecule has 0 atom stereocenters. The van der Waals surface area contributed by atoms with Gasteiger partial charge in [0.1, 0.15) is 0 Å². The lowest BCUT2D eigenvalue weighted by molar-refractivity contribution is 0.145. The molecule has 0 radical (unpaired) electrons. The summed E-state index contributed by atoms with van der Waals surface area (Å²) in [6.07, 6.45) is 1.08. The summed E-state index contributed by atoms with van der Waals surface area (Å²) in [5.74, 6) is -0.211. The van der Waals surface area contributed by atoms with E-state index in [0.29, 0.717) is 18.5 Å². The van der Waals surface area contributed by atoms with Gasteiger partial charge in [0.2, 0.25) is 0 Å². The highest BCUT2D eigenvalue weighted by atomic mass is 19.1. The Bertz CT molecular complexity index is 443. The molecule has 3 N–H and O–H groups in total. The van der Waals surface area contributed by atoms with E-state index in [1.54, 1.807) is 6.07 Å². The Morgan fingerprint density at radius 2 is 2.00 bits per heavy atom. The molecular formula is C14H21FN2O2. The maximum Gasteiger partial charge on any atom is 0.167 e. The van der Waals surface area contributed by atoms with E-state index < -0.39 is 5.82 Å². The van der Waals surface area contributed by atoms with Gasteiger partial charge in [0, 0.05) is 25.2 Å². The second-order valence-corrected chi connectivity index (χ2v) is 5.23. The van der Waals surface area contributed by atoms with Crippen molar-refractivity contribution in [2.45, 2.75) is 38.9 Å². The van der Waals surface area contributed by atoms with Crippen LogP contribution >= 0.6 is 0 Å².